The maximum absolute atomic E-state index is 13.2. The molecule has 25 heavy (non-hydrogen) atoms. The lowest BCUT2D eigenvalue weighted by Gasteiger charge is -2.21. The summed E-state index contributed by atoms with van der Waals surface area (Å²) in [6.45, 7) is 5.79. The van der Waals surface area contributed by atoms with Crippen LogP contribution in [-0.2, 0) is 26.9 Å². The van der Waals surface area contributed by atoms with Gasteiger partial charge in [0.05, 0.1) is 18.8 Å². The van der Waals surface area contributed by atoms with E-state index in [0.29, 0.717) is 25.5 Å². The molecule has 142 valence electrons. The van der Waals surface area contributed by atoms with Crippen molar-refractivity contribution in [3.8, 4) is 0 Å². The van der Waals surface area contributed by atoms with Crippen molar-refractivity contribution in [2.45, 2.75) is 52.3 Å². The normalized spacial score (nSPS) is 12.9. The molecule has 0 aliphatic heterocycles. The molecule has 5 nitrogen and oxygen atoms in total. The van der Waals surface area contributed by atoms with Gasteiger partial charge in [-0.15, -0.1) is 0 Å². The molecular weight excluding hydrogens is 339 g/mol. The van der Waals surface area contributed by atoms with Crippen molar-refractivity contribution in [3.63, 3.8) is 0 Å². The van der Waals surface area contributed by atoms with Crippen LogP contribution in [0.5, 0.6) is 0 Å². The number of rotatable bonds is 9. The van der Waals surface area contributed by atoms with E-state index in [1.165, 1.54) is 0 Å². The molecule has 0 fully saturated rings. The lowest BCUT2D eigenvalue weighted by Crippen LogP contribution is -2.32. The zero-order valence-electron chi connectivity index (χ0n) is 14.7. The number of pyridine rings is 1. The quantitative estimate of drug-likeness (QED) is 0.499. The van der Waals surface area contributed by atoms with E-state index < -0.39 is 29.3 Å². The standard InChI is InChI=1S/C17H24F3NO4/c1-4-7-14(16(23)25-6-3)21-11-12(8-9-24-5-2)13(10-15(21)22)17(18,19)20/h10-11,14H,4-9H2,1-3H3. The van der Waals surface area contributed by atoms with Gasteiger partial charge in [-0.1, -0.05) is 13.3 Å². The molecule has 0 aliphatic rings. The average Bonchev–Trinajstić information content (AvgIpc) is 2.53. The van der Waals surface area contributed by atoms with Gasteiger partial charge in [-0.3, -0.25) is 4.79 Å². The van der Waals surface area contributed by atoms with E-state index in [0.717, 1.165) is 10.8 Å². The molecule has 1 rings (SSSR count). The van der Waals surface area contributed by atoms with Crippen molar-refractivity contribution < 1.29 is 27.4 Å². The highest BCUT2D eigenvalue weighted by molar-refractivity contribution is 5.74. The number of aromatic nitrogens is 1. The molecule has 0 amide bonds. The Balaban J connectivity index is 3.36. The predicted octanol–water partition coefficient (Wildman–Crippen LogP) is 3.35. The summed E-state index contributed by atoms with van der Waals surface area (Å²) in [5, 5.41) is 0. The van der Waals surface area contributed by atoms with Crippen LogP contribution in [0.4, 0.5) is 13.2 Å². The van der Waals surface area contributed by atoms with Crippen molar-refractivity contribution in [2.75, 3.05) is 19.8 Å². The molecule has 0 saturated carbocycles. The fourth-order valence-corrected chi connectivity index (χ4v) is 2.51. The van der Waals surface area contributed by atoms with Crippen LogP contribution < -0.4 is 5.56 Å². The maximum Gasteiger partial charge on any atom is 0.416 e. The van der Waals surface area contributed by atoms with Crippen molar-refractivity contribution >= 4 is 5.97 Å². The number of hydrogen-bond donors (Lipinski definition) is 0. The van der Waals surface area contributed by atoms with Crippen LogP contribution in [0.3, 0.4) is 0 Å². The molecule has 0 bridgehead atoms. The van der Waals surface area contributed by atoms with Crippen molar-refractivity contribution in [2.24, 2.45) is 0 Å². The van der Waals surface area contributed by atoms with Gasteiger partial charge in [0.25, 0.3) is 5.56 Å². The van der Waals surface area contributed by atoms with Gasteiger partial charge in [0, 0.05) is 18.9 Å². The van der Waals surface area contributed by atoms with Crippen molar-refractivity contribution in [1.29, 1.82) is 0 Å². The second kappa shape index (κ2) is 9.60. The summed E-state index contributed by atoms with van der Waals surface area (Å²) < 4.78 is 50.8. The molecule has 1 heterocycles. The minimum absolute atomic E-state index is 0.00929. The minimum Gasteiger partial charge on any atom is -0.464 e. The number of halogens is 3. The molecular formula is C17H24F3NO4. The lowest BCUT2D eigenvalue weighted by atomic mass is 10.1. The number of carbonyl (C=O) groups is 1. The first-order valence-electron chi connectivity index (χ1n) is 8.32. The van der Waals surface area contributed by atoms with E-state index in [-0.39, 0.29) is 25.2 Å². The molecule has 1 atom stereocenters. The van der Waals surface area contributed by atoms with Gasteiger partial charge >= 0.3 is 12.1 Å². The average molecular weight is 363 g/mol. The third-order valence-corrected chi connectivity index (χ3v) is 3.64. The summed E-state index contributed by atoms with van der Waals surface area (Å²) in [5.41, 5.74) is -1.95. The van der Waals surface area contributed by atoms with Crippen LogP contribution in [0.2, 0.25) is 0 Å². The zero-order chi connectivity index (χ0) is 19.0. The Morgan fingerprint density at radius 1 is 1.24 bits per heavy atom. The van der Waals surface area contributed by atoms with Gasteiger partial charge in [-0.2, -0.15) is 13.2 Å². The summed E-state index contributed by atoms with van der Waals surface area (Å²) in [6.07, 6.45) is -2.67. The summed E-state index contributed by atoms with van der Waals surface area (Å²) in [7, 11) is 0. The van der Waals surface area contributed by atoms with E-state index in [9.17, 15) is 22.8 Å². The molecule has 0 spiro atoms. The Hall–Kier alpha value is -1.83. The van der Waals surface area contributed by atoms with Crippen LogP contribution in [0.15, 0.2) is 17.1 Å². The fraction of sp³-hybridized carbons (Fsp3) is 0.647. The second-order valence-electron chi connectivity index (χ2n) is 5.46. The number of carbonyl (C=O) groups excluding carboxylic acids is 1. The Morgan fingerprint density at radius 2 is 1.92 bits per heavy atom. The summed E-state index contributed by atoms with van der Waals surface area (Å²) in [4.78, 5) is 24.3. The lowest BCUT2D eigenvalue weighted by molar-refractivity contribution is -0.147. The van der Waals surface area contributed by atoms with Crippen molar-refractivity contribution in [1.82, 2.24) is 4.57 Å². The highest BCUT2D eigenvalue weighted by Gasteiger charge is 2.35. The molecule has 0 aliphatic carbocycles. The number of alkyl halides is 3. The van der Waals surface area contributed by atoms with Gasteiger partial charge in [0.15, 0.2) is 0 Å². The fourth-order valence-electron chi connectivity index (χ4n) is 2.51. The van der Waals surface area contributed by atoms with E-state index in [4.69, 9.17) is 9.47 Å². The number of hydrogen-bond acceptors (Lipinski definition) is 4. The summed E-state index contributed by atoms with van der Waals surface area (Å²) >= 11 is 0. The maximum atomic E-state index is 13.2. The van der Waals surface area contributed by atoms with E-state index >= 15 is 0 Å². The first-order valence-corrected chi connectivity index (χ1v) is 8.32. The summed E-state index contributed by atoms with van der Waals surface area (Å²) in [5.74, 6) is -0.623. The highest BCUT2D eigenvalue weighted by atomic mass is 19.4. The molecule has 0 N–H and O–H groups in total. The molecule has 1 aromatic rings. The van der Waals surface area contributed by atoms with E-state index in [1.807, 2.05) is 6.92 Å². The van der Waals surface area contributed by atoms with Crippen molar-refractivity contribution in [3.05, 3.63) is 33.7 Å². The second-order valence-corrected chi connectivity index (χ2v) is 5.46. The van der Waals surface area contributed by atoms with Crippen LogP contribution in [-0.4, -0.2) is 30.4 Å². The number of ether oxygens (including phenoxy) is 2. The largest absolute Gasteiger partial charge is 0.464 e. The zero-order valence-corrected chi connectivity index (χ0v) is 14.7. The topological polar surface area (TPSA) is 57.5 Å². The SMILES string of the molecule is CCCC(C(=O)OCC)n1cc(CCOCC)c(C(F)(F)F)cc1=O. The van der Waals surface area contributed by atoms with Crippen LogP contribution in [0.1, 0.15) is 50.8 Å². The van der Waals surface area contributed by atoms with Gasteiger partial charge in [-0.25, -0.2) is 4.79 Å². The van der Waals surface area contributed by atoms with Gasteiger partial charge < -0.3 is 14.0 Å². The molecule has 1 aromatic heterocycles. The molecule has 0 radical (unpaired) electrons. The number of nitrogens with zero attached hydrogens (tertiary/aromatic N) is 1. The molecule has 0 aromatic carbocycles. The Labute approximate surface area is 144 Å². The summed E-state index contributed by atoms with van der Waals surface area (Å²) in [6, 6.07) is -0.394. The number of esters is 1. The highest BCUT2D eigenvalue weighted by Crippen LogP contribution is 2.32. The molecule has 8 heteroatoms. The first-order chi connectivity index (χ1) is 11.8. The van der Waals surface area contributed by atoms with Crippen LogP contribution in [0.25, 0.3) is 0 Å². The Kier molecular flexibility index (Phi) is 8.15. The predicted molar refractivity (Wildman–Crippen MR) is 86.5 cm³/mol. The van der Waals surface area contributed by atoms with Gasteiger partial charge in [0.1, 0.15) is 6.04 Å². The van der Waals surface area contributed by atoms with E-state index in [1.54, 1.807) is 13.8 Å². The molecule has 0 saturated heterocycles. The Bertz CT molecular complexity index is 625. The van der Waals surface area contributed by atoms with Crippen LogP contribution >= 0.6 is 0 Å². The van der Waals surface area contributed by atoms with Gasteiger partial charge in [0.2, 0.25) is 0 Å². The monoisotopic (exact) mass is 363 g/mol. The third-order valence-electron chi connectivity index (χ3n) is 3.64. The molecule has 1 unspecified atom stereocenters. The Morgan fingerprint density at radius 3 is 2.44 bits per heavy atom. The first kappa shape index (κ1) is 21.2. The van der Waals surface area contributed by atoms with Gasteiger partial charge in [-0.05, 0) is 32.3 Å². The third kappa shape index (κ3) is 5.88. The van der Waals surface area contributed by atoms with E-state index in [2.05, 4.69) is 0 Å². The van der Waals surface area contributed by atoms with Crippen LogP contribution in [0, 0.1) is 0 Å². The minimum atomic E-state index is -4.65. The smallest absolute Gasteiger partial charge is 0.416 e.